The Morgan fingerprint density at radius 1 is 1.26 bits per heavy atom. The first-order valence-corrected chi connectivity index (χ1v) is 9.87. The van der Waals surface area contributed by atoms with E-state index in [4.69, 9.17) is 9.47 Å². The van der Waals surface area contributed by atoms with Crippen LogP contribution in [-0.4, -0.2) is 29.4 Å². The van der Waals surface area contributed by atoms with Crippen LogP contribution in [0.25, 0.3) is 0 Å². The maximum Gasteiger partial charge on any atom is 0.306 e. The highest BCUT2D eigenvalue weighted by Crippen LogP contribution is 2.72. The topological polar surface area (TPSA) is 69.7 Å². The van der Waals surface area contributed by atoms with Gasteiger partial charge in [0, 0.05) is 18.8 Å². The monoisotopic (exact) mass is 372 g/mol. The molecule has 0 aromatic heterocycles. The summed E-state index contributed by atoms with van der Waals surface area (Å²) < 4.78 is 11.9. The second-order valence-electron chi connectivity index (χ2n) is 9.22. The van der Waals surface area contributed by atoms with Crippen LogP contribution in [0.15, 0.2) is 24.3 Å². The number of ether oxygens (including phenoxy) is 2. The molecule has 0 radical (unpaired) electrons. The van der Waals surface area contributed by atoms with E-state index in [1.54, 1.807) is 0 Å². The molecule has 0 amide bonds. The Morgan fingerprint density at radius 3 is 2.59 bits per heavy atom. The van der Waals surface area contributed by atoms with E-state index in [0.29, 0.717) is 37.7 Å². The molecule has 2 bridgehead atoms. The maximum atomic E-state index is 13.6. The van der Waals surface area contributed by atoms with Crippen molar-refractivity contribution in [1.82, 2.24) is 0 Å². The molecular weight excluding hydrogens is 344 g/mol. The minimum atomic E-state index is -1.03. The van der Waals surface area contributed by atoms with E-state index >= 15 is 0 Å². The second kappa shape index (κ2) is 5.55. The minimum Gasteiger partial charge on any atom is -0.461 e. The lowest BCUT2D eigenvalue weighted by Gasteiger charge is -2.71. The minimum absolute atomic E-state index is 0.0719. The summed E-state index contributed by atoms with van der Waals surface area (Å²) in [6.45, 7) is 13.8. The van der Waals surface area contributed by atoms with Gasteiger partial charge in [0.2, 0.25) is 0 Å². The van der Waals surface area contributed by atoms with Crippen LogP contribution in [0.4, 0.5) is 0 Å². The van der Waals surface area contributed by atoms with E-state index in [0.717, 1.165) is 12.0 Å². The van der Waals surface area contributed by atoms with Gasteiger partial charge < -0.3 is 9.47 Å². The van der Waals surface area contributed by atoms with Crippen molar-refractivity contribution in [3.63, 3.8) is 0 Å². The third-order valence-corrected chi connectivity index (χ3v) is 8.05. The molecular formula is C22H28O5. The average molecular weight is 372 g/mol. The van der Waals surface area contributed by atoms with Gasteiger partial charge in [-0.2, -0.15) is 0 Å². The molecule has 5 fully saturated rings. The Morgan fingerprint density at radius 2 is 1.96 bits per heavy atom. The van der Waals surface area contributed by atoms with Crippen LogP contribution < -0.4 is 0 Å². The first kappa shape index (κ1) is 18.5. The van der Waals surface area contributed by atoms with Gasteiger partial charge in [0.25, 0.3) is 0 Å². The number of carbonyl (C=O) groups excluding carboxylic acids is 3. The van der Waals surface area contributed by atoms with Gasteiger partial charge in [0.15, 0.2) is 5.78 Å². The van der Waals surface area contributed by atoms with Gasteiger partial charge in [-0.15, -0.1) is 0 Å². The van der Waals surface area contributed by atoms with Gasteiger partial charge in [0.1, 0.15) is 17.1 Å². The van der Waals surface area contributed by atoms with Gasteiger partial charge >= 0.3 is 11.9 Å². The SMILES string of the molecule is C=C1C(=O)C23CC[C@@H](C(=C)C)[C@]4(C)CCC(=O)O[C@]24CC1CC3OC(C)=O. The Kier molecular flexibility index (Phi) is 3.80. The van der Waals surface area contributed by atoms with E-state index in [-0.39, 0.29) is 23.6 Å². The fourth-order valence-corrected chi connectivity index (χ4v) is 6.96. The zero-order valence-electron chi connectivity index (χ0n) is 16.4. The average Bonchev–Trinajstić information content (AvgIpc) is 2.57. The first-order valence-electron chi connectivity index (χ1n) is 9.87. The Bertz CT molecular complexity index is 782. The van der Waals surface area contributed by atoms with Crippen LogP contribution in [0.3, 0.4) is 0 Å². The molecule has 0 aromatic rings. The number of Topliss-reactive ketones (excluding diaryl/α,β-unsaturated/α-hetero) is 1. The fourth-order valence-electron chi connectivity index (χ4n) is 6.96. The van der Waals surface area contributed by atoms with Crippen LogP contribution in [0.1, 0.15) is 59.3 Å². The van der Waals surface area contributed by atoms with Crippen molar-refractivity contribution >= 4 is 17.7 Å². The molecule has 4 saturated carbocycles. The molecule has 1 heterocycles. The molecule has 146 valence electrons. The third kappa shape index (κ3) is 2.03. The van der Waals surface area contributed by atoms with Crippen molar-refractivity contribution < 1.29 is 23.9 Å². The highest BCUT2D eigenvalue weighted by atomic mass is 16.6. The molecule has 5 aliphatic rings. The van der Waals surface area contributed by atoms with Crippen LogP contribution in [0.2, 0.25) is 0 Å². The molecule has 1 saturated heterocycles. The maximum absolute atomic E-state index is 13.6. The van der Waals surface area contributed by atoms with Crippen molar-refractivity contribution in [2.45, 2.75) is 71.0 Å². The quantitative estimate of drug-likeness (QED) is 0.421. The van der Waals surface area contributed by atoms with Crippen molar-refractivity contribution in [3.05, 3.63) is 24.3 Å². The highest BCUT2D eigenvalue weighted by Gasteiger charge is 2.79. The molecule has 5 heteroatoms. The second-order valence-corrected chi connectivity index (χ2v) is 9.22. The summed E-state index contributed by atoms with van der Waals surface area (Å²) in [5.74, 6) is -0.701. The predicted molar refractivity (Wildman–Crippen MR) is 98.6 cm³/mol. The zero-order chi connectivity index (χ0) is 19.8. The molecule has 0 N–H and O–H groups in total. The Balaban J connectivity index is 1.96. The van der Waals surface area contributed by atoms with E-state index in [2.05, 4.69) is 20.1 Å². The standard InChI is InChI=1S/C22H28O5/c1-12(2)16-6-9-21-17(26-14(4)23)10-15(13(3)19(21)25)11-22(21)20(16,5)8-7-18(24)27-22/h15-17H,1,3,6-11H2,2,4-5H3/t15?,16-,17?,20-,21?,22-/m0/s1. The van der Waals surface area contributed by atoms with E-state index in [1.807, 2.05) is 6.92 Å². The zero-order valence-corrected chi connectivity index (χ0v) is 16.4. The van der Waals surface area contributed by atoms with Gasteiger partial charge in [-0.1, -0.05) is 25.7 Å². The molecule has 5 nitrogen and oxygen atoms in total. The number of fused-ring (bicyclic) bond motifs is 2. The number of hydrogen-bond donors (Lipinski definition) is 0. The molecule has 2 spiro atoms. The predicted octanol–water partition coefficient (Wildman–Crippen LogP) is 3.52. The van der Waals surface area contributed by atoms with E-state index < -0.39 is 28.5 Å². The Labute approximate surface area is 160 Å². The van der Waals surface area contributed by atoms with Gasteiger partial charge in [-0.25, -0.2) is 0 Å². The van der Waals surface area contributed by atoms with Crippen LogP contribution in [0, 0.1) is 22.7 Å². The first-order chi connectivity index (χ1) is 12.6. The molecule has 27 heavy (non-hydrogen) atoms. The van der Waals surface area contributed by atoms with Crippen molar-refractivity contribution in [2.24, 2.45) is 22.7 Å². The number of esters is 2. The van der Waals surface area contributed by atoms with E-state index in [1.165, 1.54) is 6.92 Å². The summed E-state index contributed by atoms with van der Waals surface area (Å²) in [6, 6.07) is 0. The summed E-state index contributed by atoms with van der Waals surface area (Å²) in [5.41, 5.74) is -0.735. The molecule has 6 atom stereocenters. The fraction of sp³-hybridized carbons (Fsp3) is 0.682. The van der Waals surface area contributed by atoms with Gasteiger partial charge in [-0.05, 0) is 56.4 Å². The van der Waals surface area contributed by atoms with Crippen LogP contribution in [-0.2, 0) is 23.9 Å². The summed E-state index contributed by atoms with van der Waals surface area (Å²) in [5, 5.41) is 0. The molecule has 4 aliphatic carbocycles. The molecule has 5 rings (SSSR count). The van der Waals surface area contributed by atoms with Gasteiger partial charge in [0.05, 0.1) is 0 Å². The van der Waals surface area contributed by atoms with Crippen LogP contribution >= 0.6 is 0 Å². The largest absolute Gasteiger partial charge is 0.461 e. The number of ketones is 1. The summed E-state index contributed by atoms with van der Waals surface area (Å²) >= 11 is 0. The van der Waals surface area contributed by atoms with Crippen molar-refractivity contribution in [2.75, 3.05) is 0 Å². The Hall–Kier alpha value is -1.91. The summed E-state index contributed by atoms with van der Waals surface area (Å²) in [6.07, 6.45) is 2.89. The summed E-state index contributed by atoms with van der Waals surface area (Å²) in [4.78, 5) is 37.9. The van der Waals surface area contributed by atoms with Crippen molar-refractivity contribution in [3.8, 4) is 0 Å². The molecule has 3 unspecified atom stereocenters. The lowest BCUT2D eigenvalue weighted by atomic mass is 9.36. The highest BCUT2D eigenvalue weighted by molar-refractivity contribution is 6.04. The van der Waals surface area contributed by atoms with Crippen molar-refractivity contribution in [1.29, 1.82) is 0 Å². The molecule has 1 aliphatic heterocycles. The van der Waals surface area contributed by atoms with Gasteiger partial charge in [-0.3, -0.25) is 14.4 Å². The number of carbonyl (C=O) groups is 3. The lowest BCUT2D eigenvalue weighted by molar-refractivity contribution is -0.292. The third-order valence-electron chi connectivity index (χ3n) is 8.05. The van der Waals surface area contributed by atoms with E-state index in [9.17, 15) is 14.4 Å². The number of rotatable bonds is 2. The smallest absolute Gasteiger partial charge is 0.306 e. The lowest BCUT2D eigenvalue weighted by Crippen LogP contribution is -2.78. The summed E-state index contributed by atoms with van der Waals surface area (Å²) in [7, 11) is 0. The number of hydrogen-bond acceptors (Lipinski definition) is 5. The normalized spacial score (nSPS) is 45.6. The van der Waals surface area contributed by atoms with Crippen LogP contribution in [0.5, 0.6) is 0 Å². The molecule has 0 aromatic carbocycles. The number of allylic oxidation sites excluding steroid dienone is 2.